The average Bonchev–Trinajstić information content (AvgIpc) is 2.86. The summed E-state index contributed by atoms with van der Waals surface area (Å²) in [5.74, 6) is 0.0174. The van der Waals surface area contributed by atoms with Crippen LogP contribution in [0.5, 0.6) is 0 Å². The molecule has 1 aliphatic rings. The van der Waals surface area contributed by atoms with Crippen molar-refractivity contribution in [3.05, 3.63) is 64.2 Å². The Morgan fingerprint density at radius 2 is 1.94 bits per heavy atom. The highest BCUT2D eigenvalue weighted by atomic mass is 35.5. The van der Waals surface area contributed by atoms with Gasteiger partial charge < -0.3 is 5.32 Å². The lowest BCUT2D eigenvalue weighted by Crippen LogP contribution is -2.05. The molecule has 0 radical (unpaired) electrons. The fraction of sp³-hybridized carbons (Fsp3) is 0.133. The lowest BCUT2D eigenvalue weighted by atomic mass is 9.99. The molecular weight excluding hydrogens is 246 g/mol. The molecule has 0 amide bonds. The fourth-order valence-electron chi connectivity index (χ4n) is 2.32. The van der Waals surface area contributed by atoms with Crippen LogP contribution < -0.4 is 5.32 Å². The Bertz CT molecular complexity index is 607. The highest BCUT2D eigenvalue weighted by molar-refractivity contribution is 6.31. The maximum Gasteiger partial charge on any atom is 0.195 e. The van der Waals surface area contributed by atoms with E-state index in [2.05, 4.69) is 5.32 Å². The molecule has 0 unspecified atom stereocenters. The smallest absolute Gasteiger partial charge is 0.195 e. The summed E-state index contributed by atoms with van der Waals surface area (Å²) in [6.45, 7) is 0.866. The van der Waals surface area contributed by atoms with Crippen molar-refractivity contribution in [3.8, 4) is 0 Å². The molecule has 0 bridgehead atoms. The Hall–Kier alpha value is -1.80. The number of anilines is 1. The van der Waals surface area contributed by atoms with Crippen molar-refractivity contribution < 1.29 is 4.79 Å². The van der Waals surface area contributed by atoms with Crippen LogP contribution in [-0.2, 0) is 6.42 Å². The average molecular weight is 258 g/mol. The summed E-state index contributed by atoms with van der Waals surface area (Å²) in [7, 11) is 0. The van der Waals surface area contributed by atoms with Gasteiger partial charge in [-0.3, -0.25) is 4.79 Å². The predicted molar refractivity (Wildman–Crippen MR) is 73.5 cm³/mol. The molecular formula is C15H12ClNO. The van der Waals surface area contributed by atoms with Gasteiger partial charge in [-0.25, -0.2) is 0 Å². The normalized spacial score (nSPS) is 12.9. The van der Waals surface area contributed by atoms with Gasteiger partial charge >= 0.3 is 0 Å². The van der Waals surface area contributed by atoms with Crippen LogP contribution in [-0.4, -0.2) is 12.3 Å². The Kier molecular flexibility index (Phi) is 2.80. The molecule has 1 heterocycles. The van der Waals surface area contributed by atoms with Crippen molar-refractivity contribution in [2.75, 3.05) is 11.9 Å². The van der Waals surface area contributed by atoms with Gasteiger partial charge in [-0.05, 0) is 24.1 Å². The van der Waals surface area contributed by atoms with Gasteiger partial charge in [-0.2, -0.15) is 0 Å². The minimum atomic E-state index is 0.0174. The van der Waals surface area contributed by atoms with Gasteiger partial charge in [0.15, 0.2) is 5.78 Å². The Balaban J connectivity index is 2.10. The summed E-state index contributed by atoms with van der Waals surface area (Å²) in [4.78, 5) is 12.5. The first-order valence-corrected chi connectivity index (χ1v) is 6.29. The van der Waals surface area contributed by atoms with Gasteiger partial charge in [0.05, 0.1) is 0 Å². The lowest BCUT2D eigenvalue weighted by Gasteiger charge is -2.09. The first-order valence-electron chi connectivity index (χ1n) is 5.92. The van der Waals surface area contributed by atoms with Gasteiger partial charge in [0.1, 0.15) is 0 Å². The number of hydrogen-bond acceptors (Lipinski definition) is 2. The predicted octanol–water partition coefficient (Wildman–Crippen LogP) is 3.54. The number of rotatable bonds is 2. The maximum atomic E-state index is 12.5. The second kappa shape index (κ2) is 4.46. The van der Waals surface area contributed by atoms with Crippen molar-refractivity contribution in [1.29, 1.82) is 0 Å². The van der Waals surface area contributed by atoms with E-state index in [1.807, 2.05) is 36.4 Å². The van der Waals surface area contributed by atoms with E-state index < -0.39 is 0 Å². The van der Waals surface area contributed by atoms with Crippen LogP contribution in [0.2, 0.25) is 5.02 Å². The van der Waals surface area contributed by atoms with Crippen molar-refractivity contribution >= 4 is 23.1 Å². The molecule has 3 heteroatoms. The first kappa shape index (κ1) is 11.3. The molecule has 0 atom stereocenters. The number of benzene rings is 2. The third-order valence-electron chi connectivity index (χ3n) is 3.16. The van der Waals surface area contributed by atoms with Crippen LogP contribution in [0.3, 0.4) is 0 Å². The third kappa shape index (κ3) is 1.89. The van der Waals surface area contributed by atoms with E-state index in [0.29, 0.717) is 16.1 Å². The van der Waals surface area contributed by atoms with E-state index in [0.717, 1.165) is 24.2 Å². The molecule has 0 aromatic heterocycles. The Labute approximate surface area is 111 Å². The van der Waals surface area contributed by atoms with Crippen molar-refractivity contribution in [2.24, 2.45) is 0 Å². The van der Waals surface area contributed by atoms with Crippen LogP contribution in [0, 0.1) is 0 Å². The van der Waals surface area contributed by atoms with Crippen molar-refractivity contribution in [3.63, 3.8) is 0 Å². The second-order valence-corrected chi connectivity index (χ2v) is 4.80. The minimum absolute atomic E-state index is 0.0174. The molecule has 0 saturated carbocycles. The number of carbonyl (C=O) groups excluding carboxylic acids is 1. The zero-order valence-electron chi connectivity index (χ0n) is 9.74. The summed E-state index contributed by atoms with van der Waals surface area (Å²) in [6, 6.07) is 13.0. The number of nitrogens with one attached hydrogen (secondary N) is 1. The molecule has 0 saturated heterocycles. The molecule has 2 aromatic rings. The van der Waals surface area contributed by atoms with Gasteiger partial charge in [-0.15, -0.1) is 0 Å². The Morgan fingerprint density at radius 1 is 1.17 bits per heavy atom. The zero-order chi connectivity index (χ0) is 12.5. The third-order valence-corrected chi connectivity index (χ3v) is 3.38. The quantitative estimate of drug-likeness (QED) is 0.834. The summed E-state index contributed by atoms with van der Waals surface area (Å²) in [6.07, 6.45) is 0.922. The second-order valence-electron chi connectivity index (χ2n) is 4.36. The van der Waals surface area contributed by atoms with E-state index in [9.17, 15) is 4.79 Å². The molecule has 1 N–H and O–H groups in total. The molecule has 0 aliphatic carbocycles. The van der Waals surface area contributed by atoms with Crippen LogP contribution >= 0.6 is 11.6 Å². The van der Waals surface area contributed by atoms with E-state index in [-0.39, 0.29) is 5.78 Å². The Morgan fingerprint density at radius 3 is 2.72 bits per heavy atom. The number of ketones is 1. The van der Waals surface area contributed by atoms with E-state index in [1.54, 1.807) is 6.07 Å². The summed E-state index contributed by atoms with van der Waals surface area (Å²) >= 11 is 6.08. The number of fused-ring (bicyclic) bond motifs is 1. The monoisotopic (exact) mass is 257 g/mol. The van der Waals surface area contributed by atoms with Gasteiger partial charge in [0.25, 0.3) is 0 Å². The SMILES string of the molecule is O=C(c1ccccc1)c1cc(Cl)cc2c1NCC2. The number of halogens is 1. The van der Waals surface area contributed by atoms with Crippen LogP contribution in [0.4, 0.5) is 5.69 Å². The molecule has 2 aromatic carbocycles. The highest BCUT2D eigenvalue weighted by Crippen LogP contribution is 2.31. The van der Waals surface area contributed by atoms with Crippen LogP contribution in [0.25, 0.3) is 0 Å². The van der Waals surface area contributed by atoms with E-state index in [1.165, 1.54) is 0 Å². The fourth-order valence-corrected chi connectivity index (χ4v) is 2.56. The van der Waals surface area contributed by atoms with Gasteiger partial charge in [-0.1, -0.05) is 41.9 Å². The highest BCUT2D eigenvalue weighted by Gasteiger charge is 2.20. The molecule has 2 nitrogen and oxygen atoms in total. The first-order chi connectivity index (χ1) is 8.75. The lowest BCUT2D eigenvalue weighted by molar-refractivity contribution is 0.103. The van der Waals surface area contributed by atoms with E-state index in [4.69, 9.17) is 11.6 Å². The zero-order valence-corrected chi connectivity index (χ0v) is 10.5. The number of hydrogen-bond donors (Lipinski definition) is 1. The van der Waals surface area contributed by atoms with Crippen LogP contribution in [0.15, 0.2) is 42.5 Å². The van der Waals surface area contributed by atoms with E-state index >= 15 is 0 Å². The van der Waals surface area contributed by atoms with Crippen molar-refractivity contribution in [2.45, 2.75) is 6.42 Å². The molecule has 0 spiro atoms. The van der Waals surface area contributed by atoms with Crippen LogP contribution in [0.1, 0.15) is 21.5 Å². The van der Waals surface area contributed by atoms with Gasteiger partial charge in [0.2, 0.25) is 0 Å². The van der Waals surface area contributed by atoms with Gasteiger partial charge in [0, 0.05) is 28.4 Å². The molecule has 18 heavy (non-hydrogen) atoms. The molecule has 3 rings (SSSR count). The topological polar surface area (TPSA) is 29.1 Å². The number of carbonyl (C=O) groups is 1. The largest absolute Gasteiger partial charge is 0.384 e. The summed E-state index contributed by atoms with van der Waals surface area (Å²) < 4.78 is 0. The standard InChI is InChI=1S/C15H12ClNO/c16-12-8-11-6-7-17-14(11)13(9-12)15(18)10-4-2-1-3-5-10/h1-5,8-9,17H,6-7H2. The molecule has 90 valence electrons. The molecule has 1 aliphatic heterocycles. The van der Waals surface area contributed by atoms with Crippen molar-refractivity contribution in [1.82, 2.24) is 0 Å². The summed E-state index contributed by atoms with van der Waals surface area (Å²) in [5, 5.41) is 3.89. The molecule has 0 fully saturated rings. The maximum absolute atomic E-state index is 12.5. The minimum Gasteiger partial charge on any atom is -0.384 e. The summed E-state index contributed by atoms with van der Waals surface area (Å²) in [5.41, 5.74) is 3.42.